The summed E-state index contributed by atoms with van der Waals surface area (Å²) in [6, 6.07) is 15.3. The van der Waals surface area contributed by atoms with Gasteiger partial charge in [-0.15, -0.1) is 0 Å². The van der Waals surface area contributed by atoms with Crippen LogP contribution in [0.15, 0.2) is 48.5 Å². The molecule has 6 heterocycles. The molecule has 0 radical (unpaired) electrons. The molecule has 306 valence electrons. The minimum atomic E-state index is -0.665. The lowest BCUT2D eigenvalue weighted by molar-refractivity contribution is -0.134. The number of likely N-dealkylation sites (tertiary alicyclic amines) is 2. The molecule has 6 fully saturated rings. The molecule has 2 saturated carbocycles. The highest BCUT2D eigenvalue weighted by molar-refractivity contribution is 6.43. The van der Waals surface area contributed by atoms with Crippen molar-refractivity contribution >= 4 is 50.9 Å². The van der Waals surface area contributed by atoms with Crippen LogP contribution in [-0.4, -0.2) is 70.6 Å². The molecule has 11 rings (SSSR count). The molecular weight excluding hydrogens is 796 g/mol. The first kappa shape index (κ1) is 39.0. The Balaban J connectivity index is 1.20. The standard InChI is InChI=1S/C46H45Cl2F3N6O2/c1-55-15-12-24(13-16-55)42-31-20-38(37-19-28(22-56(37)46(58)25-10-11-25)59-23-32-34(49)8-3-9-35(32)50)57(44-27-18-36(44)53-21-27)45(31)30-17-26(5-4-14-52)39(41(51)43(30)54-42)29-6-2-7-33(47)40(29)48/h2-3,6-9,17,20,24-25,27-28,36-37,44,53H,4-5,10-13,15-16,18-19,21-23H2,1H3/t27-,28+,36-,37-,44+/m1/s1. The molecular formula is C46H45Cl2F3N6O2. The normalized spacial score (nSPS) is 24.6. The molecule has 0 unspecified atom stereocenters. The molecule has 59 heavy (non-hydrogen) atoms. The Morgan fingerprint density at radius 1 is 1.02 bits per heavy atom. The van der Waals surface area contributed by atoms with E-state index in [1.807, 2.05) is 11.0 Å². The number of amides is 1. The topological polar surface area (TPSA) is 86.4 Å². The number of pyridine rings is 1. The minimum Gasteiger partial charge on any atom is -0.371 e. The summed E-state index contributed by atoms with van der Waals surface area (Å²) in [5.74, 6) is -1.43. The van der Waals surface area contributed by atoms with Gasteiger partial charge in [-0.05, 0) is 100 Å². The van der Waals surface area contributed by atoms with Crippen LogP contribution in [-0.2, 0) is 22.6 Å². The first-order chi connectivity index (χ1) is 28.6. The molecule has 1 N–H and O–H groups in total. The summed E-state index contributed by atoms with van der Waals surface area (Å²) in [5.41, 5.74) is 4.18. The summed E-state index contributed by atoms with van der Waals surface area (Å²) in [7, 11) is 2.11. The maximum Gasteiger partial charge on any atom is 0.226 e. The van der Waals surface area contributed by atoms with Crippen LogP contribution in [0.1, 0.15) is 85.5 Å². The lowest BCUT2D eigenvalue weighted by Crippen LogP contribution is -2.41. The molecule has 8 nitrogen and oxygen atoms in total. The van der Waals surface area contributed by atoms with Crippen molar-refractivity contribution < 1.29 is 22.7 Å². The van der Waals surface area contributed by atoms with E-state index in [0.717, 1.165) is 74.0 Å². The van der Waals surface area contributed by atoms with Crippen molar-refractivity contribution in [3.8, 4) is 17.2 Å². The number of aryl methyl sites for hydroxylation is 1. The molecule has 3 aromatic carbocycles. The molecule has 4 aliphatic heterocycles. The fourth-order valence-electron chi connectivity index (χ4n) is 10.4. The Labute approximate surface area is 351 Å². The third-order valence-electron chi connectivity index (χ3n) is 13.7. The quantitative estimate of drug-likeness (QED) is 0.151. The Bertz CT molecular complexity index is 2510. The largest absolute Gasteiger partial charge is 0.371 e. The fraction of sp³-hybridized carbons (Fsp3) is 0.457. The number of benzene rings is 3. The van der Waals surface area contributed by atoms with Crippen molar-refractivity contribution in [3.63, 3.8) is 0 Å². The first-order valence-electron chi connectivity index (χ1n) is 20.9. The highest BCUT2D eigenvalue weighted by Gasteiger charge is 2.51. The van der Waals surface area contributed by atoms with E-state index in [0.29, 0.717) is 46.0 Å². The molecule has 2 aliphatic carbocycles. The van der Waals surface area contributed by atoms with Crippen LogP contribution >= 0.6 is 23.2 Å². The zero-order chi connectivity index (χ0) is 40.7. The third-order valence-corrected chi connectivity index (χ3v) is 14.5. The summed E-state index contributed by atoms with van der Waals surface area (Å²) in [6.07, 6.45) is 4.81. The summed E-state index contributed by atoms with van der Waals surface area (Å²) in [6.45, 7) is 2.66. The number of aromatic nitrogens is 2. The van der Waals surface area contributed by atoms with Crippen LogP contribution < -0.4 is 5.32 Å². The lowest BCUT2D eigenvalue weighted by Gasteiger charge is -2.39. The second-order valence-corrected chi connectivity index (χ2v) is 18.1. The van der Waals surface area contributed by atoms with E-state index in [4.69, 9.17) is 32.9 Å². The van der Waals surface area contributed by atoms with E-state index >= 15 is 4.39 Å². The number of hydrogen-bond donors (Lipinski definition) is 1. The van der Waals surface area contributed by atoms with Gasteiger partial charge in [0.25, 0.3) is 0 Å². The van der Waals surface area contributed by atoms with E-state index in [1.54, 1.807) is 18.2 Å². The number of carbonyl (C=O) groups excluding carboxylic acids is 1. The smallest absolute Gasteiger partial charge is 0.226 e. The van der Waals surface area contributed by atoms with Gasteiger partial charge in [0.05, 0.1) is 52.1 Å². The van der Waals surface area contributed by atoms with E-state index in [2.05, 4.69) is 34.0 Å². The van der Waals surface area contributed by atoms with Gasteiger partial charge >= 0.3 is 0 Å². The van der Waals surface area contributed by atoms with Crippen LogP contribution in [0.3, 0.4) is 0 Å². The van der Waals surface area contributed by atoms with Crippen molar-refractivity contribution in [2.75, 3.05) is 33.2 Å². The van der Waals surface area contributed by atoms with Gasteiger partial charge in [-0.1, -0.05) is 41.4 Å². The number of rotatable bonds is 10. The first-order valence-corrected chi connectivity index (χ1v) is 21.6. The predicted octanol–water partition coefficient (Wildman–Crippen LogP) is 9.65. The number of fused-ring (bicyclic) bond motifs is 4. The molecule has 2 aromatic heterocycles. The monoisotopic (exact) mass is 840 g/mol. The van der Waals surface area contributed by atoms with Crippen LogP contribution in [0.5, 0.6) is 0 Å². The van der Waals surface area contributed by atoms with Crippen molar-refractivity contribution in [1.29, 1.82) is 5.26 Å². The maximum absolute atomic E-state index is 17.8. The van der Waals surface area contributed by atoms with Crippen LogP contribution in [0.2, 0.25) is 10.0 Å². The van der Waals surface area contributed by atoms with Gasteiger partial charge in [0.15, 0.2) is 5.82 Å². The Kier molecular flexibility index (Phi) is 10.2. The van der Waals surface area contributed by atoms with E-state index < -0.39 is 23.6 Å². The number of hydrogen-bond acceptors (Lipinski definition) is 6. The number of nitrogens with zero attached hydrogens (tertiary/aromatic N) is 5. The van der Waals surface area contributed by atoms with E-state index in [-0.39, 0.29) is 71.4 Å². The minimum absolute atomic E-state index is 0.0523. The Morgan fingerprint density at radius 2 is 1.78 bits per heavy atom. The molecule has 13 heteroatoms. The number of nitrogens with one attached hydrogen (secondary N) is 1. The average Bonchev–Trinajstić information content (AvgIpc) is 3.50. The van der Waals surface area contributed by atoms with Crippen LogP contribution in [0.4, 0.5) is 13.2 Å². The van der Waals surface area contributed by atoms with Gasteiger partial charge in [0.2, 0.25) is 5.91 Å². The van der Waals surface area contributed by atoms with Crippen molar-refractivity contribution in [2.45, 2.75) is 88.1 Å². The van der Waals surface area contributed by atoms with Gasteiger partial charge in [0, 0.05) is 77.0 Å². The molecule has 6 aliphatic rings. The number of piperidine rings is 1. The van der Waals surface area contributed by atoms with Gasteiger partial charge in [0.1, 0.15) is 17.2 Å². The summed E-state index contributed by atoms with van der Waals surface area (Å²) < 4.78 is 55.9. The molecule has 4 saturated heterocycles. The van der Waals surface area contributed by atoms with E-state index in [1.165, 1.54) is 18.2 Å². The van der Waals surface area contributed by atoms with Crippen molar-refractivity contribution in [1.82, 2.24) is 24.7 Å². The van der Waals surface area contributed by atoms with Crippen LogP contribution in [0.25, 0.3) is 32.9 Å². The average molecular weight is 842 g/mol. The SMILES string of the molecule is CN1CCC(c2nc3c(F)c(-c4cccc(Cl)c4Cl)c(CCC#N)cc3c3c2cc([C@H]2C[C@H](OCc4c(F)cccc4F)CN2C(=O)C2CC2)n3[C@H]2[C@H]3CN[C@@H]2C3)CC1. The van der Waals surface area contributed by atoms with Crippen molar-refractivity contribution in [3.05, 3.63) is 98.5 Å². The second kappa shape index (κ2) is 15.4. The summed E-state index contributed by atoms with van der Waals surface area (Å²) in [4.78, 5) is 23.8. The van der Waals surface area contributed by atoms with Gasteiger partial charge in [-0.3, -0.25) is 4.79 Å². The number of nitriles is 1. The zero-order valence-electron chi connectivity index (χ0n) is 32.8. The van der Waals surface area contributed by atoms with Gasteiger partial charge in [-0.25, -0.2) is 18.2 Å². The highest BCUT2D eigenvalue weighted by atomic mass is 35.5. The highest BCUT2D eigenvalue weighted by Crippen LogP contribution is 2.52. The molecule has 0 spiro atoms. The van der Waals surface area contributed by atoms with Gasteiger partial charge in [-0.2, -0.15) is 5.26 Å². The molecule has 2 bridgehead atoms. The Morgan fingerprint density at radius 3 is 2.47 bits per heavy atom. The Hall–Kier alpha value is -4.18. The fourth-order valence-corrected chi connectivity index (χ4v) is 10.8. The summed E-state index contributed by atoms with van der Waals surface area (Å²) in [5, 5.41) is 15.6. The van der Waals surface area contributed by atoms with Gasteiger partial charge < -0.3 is 24.4 Å². The van der Waals surface area contributed by atoms with Crippen molar-refractivity contribution in [2.24, 2.45) is 11.8 Å². The predicted molar refractivity (Wildman–Crippen MR) is 222 cm³/mol. The third kappa shape index (κ3) is 6.70. The molecule has 5 aromatic rings. The maximum atomic E-state index is 17.8. The summed E-state index contributed by atoms with van der Waals surface area (Å²) >= 11 is 13.3. The molecule has 5 atom stereocenters. The number of ether oxygens (including phenoxy) is 1. The zero-order valence-corrected chi connectivity index (χ0v) is 34.3. The number of carbonyl (C=O) groups is 1. The van der Waals surface area contributed by atoms with Crippen LogP contribution in [0, 0.1) is 40.6 Å². The van der Waals surface area contributed by atoms with E-state index in [9.17, 15) is 18.8 Å². The molecule has 1 amide bonds. The second-order valence-electron chi connectivity index (χ2n) is 17.3. The lowest BCUT2D eigenvalue weighted by atomic mass is 9.79. The number of halogens is 5.